The van der Waals surface area contributed by atoms with Gasteiger partial charge in [0.1, 0.15) is 5.75 Å². The molecule has 2 nitrogen and oxygen atoms in total. The van der Waals surface area contributed by atoms with E-state index in [0.29, 0.717) is 0 Å². The lowest BCUT2D eigenvalue weighted by atomic mass is 9.88. The van der Waals surface area contributed by atoms with E-state index in [9.17, 15) is 5.11 Å². The first kappa shape index (κ1) is 12.0. The number of aliphatic hydroxyl groups is 1. The van der Waals surface area contributed by atoms with Gasteiger partial charge < -0.3 is 9.84 Å². The molecule has 2 aromatic carbocycles. The third kappa shape index (κ3) is 2.04. The summed E-state index contributed by atoms with van der Waals surface area (Å²) in [5, 5.41) is 9.78. The summed E-state index contributed by atoms with van der Waals surface area (Å²) in [5.41, 5.74) is 4.58. The Morgan fingerprint density at radius 3 is 2.53 bits per heavy atom. The molecule has 96 valence electrons. The van der Waals surface area contributed by atoms with E-state index in [4.69, 9.17) is 4.74 Å². The predicted octanol–water partition coefficient (Wildman–Crippen LogP) is 3.30. The highest BCUT2D eigenvalue weighted by atomic mass is 16.5. The highest BCUT2D eigenvalue weighted by Crippen LogP contribution is 2.35. The minimum atomic E-state index is 0.0205. The molecule has 0 aliphatic heterocycles. The number of ether oxygens (including phenoxy) is 1. The quantitative estimate of drug-likeness (QED) is 0.888. The van der Waals surface area contributed by atoms with Gasteiger partial charge in [0, 0.05) is 5.92 Å². The predicted molar refractivity (Wildman–Crippen MR) is 77.3 cm³/mol. The van der Waals surface area contributed by atoms with Crippen LogP contribution < -0.4 is 4.74 Å². The summed E-state index contributed by atoms with van der Waals surface area (Å²) in [7, 11) is 1.67. The second-order valence-corrected chi connectivity index (χ2v) is 4.69. The van der Waals surface area contributed by atoms with Crippen LogP contribution in [-0.4, -0.2) is 18.8 Å². The molecule has 1 aliphatic rings. The lowest BCUT2D eigenvalue weighted by Gasteiger charge is -2.18. The van der Waals surface area contributed by atoms with E-state index in [-0.39, 0.29) is 12.5 Å². The van der Waals surface area contributed by atoms with Crippen LogP contribution in [0, 0.1) is 0 Å². The molecule has 3 rings (SSSR count). The Morgan fingerprint density at radius 2 is 1.74 bits per heavy atom. The van der Waals surface area contributed by atoms with Gasteiger partial charge in [0.05, 0.1) is 13.7 Å². The van der Waals surface area contributed by atoms with Crippen LogP contribution in [0.1, 0.15) is 28.2 Å². The third-order valence-corrected chi connectivity index (χ3v) is 3.67. The van der Waals surface area contributed by atoms with Crippen LogP contribution in [0.15, 0.2) is 42.5 Å². The average molecular weight is 252 g/mol. The van der Waals surface area contributed by atoms with E-state index >= 15 is 0 Å². The van der Waals surface area contributed by atoms with Gasteiger partial charge in [-0.3, -0.25) is 0 Å². The normalized spacial score (nSPS) is 16.4. The zero-order valence-corrected chi connectivity index (χ0v) is 10.8. The maximum absolute atomic E-state index is 9.78. The van der Waals surface area contributed by atoms with Gasteiger partial charge in [-0.2, -0.15) is 0 Å². The first-order valence-corrected chi connectivity index (χ1v) is 6.39. The van der Waals surface area contributed by atoms with Crippen molar-refractivity contribution in [3.8, 4) is 5.75 Å². The van der Waals surface area contributed by atoms with Crippen molar-refractivity contribution in [2.75, 3.05) is 13.7 Å². The standard InChI is InChI=1S/C17H16O2/c1-19-14-8-9-16-13(10-14)7-6-12-4-2-3-5-15(12)17(16)11-18/h2-10,17-18H,11H2,1H3. The molecule has 19 heavy (non-hydrogen) atoms. The molecule has 1 unspecified atom stereocenters. The van der Waals surface area contributed by atoms with Gasteiger partial charge in [0.25, 0.3) is 0 Å². The monoisotopic (exact) mass is 252 g/mol. The van der Waals surface area contributed by atoms with Gasteiger partial charge in [-0.25, -0.2) is 0 Å². The zero-order chi connectivity index (χ0) is 13.2. The lowest BCUT2D eigenvalue weighted by Crippen LogP contribution is -2.08. The molecular formula is C17H16O2. The summed E-state index contributed by atoms with van der Waals surface area (Å²) in [6.45, 7) is 0.109. The topological polar surface area (TPSA) is 29.5 Å². The molecule has 2 aromatic rings. The number of aliphatic hydroxyl groups excluding tert-OH is 1. The summed E-state index contributed by atoms with van der Waals surface area (Å²) < 4.78 is 5.27. The van der Waals surface area contributed by atoms with Crippen LogP contribution in [-0.2, 0) is 0 Å². The Morgan fingerprint density at radius 1 is 1.00 bits per heavy atom. The van der Waals surface area contributed by atoms with E-state index in [0.717, 1.165) is 22.4 Å². The molecule has 1 aliphatic carbocycles. The Hall–Kier alpha value is -2.06. The van der Waals surface area contributed by atoms with Gasteiger partial charge in [-0.05, 0) is 34.4 Å². The van der Waals surface area contributed by atoms with Gasteiger partial charge in [0.2, 0.25) is 0 Å². The maximum Gasteiger partial charge on any atom is 0.119 e. The van der Waals surface area contributed by atoms with E-state index in [1.54, 1.807) is 7.11 Å². The molecule has 1 N–H and O–H groups in total. The van der Waals surface area contributed by atoms with Crippen molar-refractivity contribution in [3.05, 3.63) is 64.7 Å². The number of rotatable bonds is 2. The van der Waals surface area contributed by atoms with Gasteiger partial charge in [-0.1, -0.05) is 42.5 Å². The van der Waals surface area contributed by atoms with Crippen LogP contribution in [0.5, 0.6) is 5.75 Å². The molecule has 0 fully saturated rings. The molecule has 0 radical (unpaired) electrons. The average Bonchev–Trinajstić information content (AvgIpc) is 2.63. The van der Waals surface area contributed by atoms with Crippen molar-refractivity contribution < 1.29 is 9.84 Å². The smallest absolute Gasteiger partial charge is 0.119 e. The Labute approximate surface area is 113 Å². The van der Waals surface area contributed by atoms with Crippen LogP contribution in [0.4, 0.5) is 0 Å². The molecule has 0 saturated heterocycles. The third-order valence-electron chi connectivity index (χ3n) is 3.67. The van der Waals surface area contributed by atoms with Crippen molar-refractivity contribution in [1.29, 1.82) is 0 Å². The minimum Gasteiger partial charge on any atom is -0.497 e. The first-order chi connectivity index (χ1) is 9.33. The fourth-order valence-electron chi connectivity index (χ4n) is 2.67. The first-order valence-electron chi connectivity index (χ1n) is 6.39. The largest absolute Gasteiger partial charge is 0.497 e. The SMILES string of the molecule is COc1ccc2c(c1)C=Cc1ccccc1C2CO. The van der Waals surface area contributed by atoms with Crippen molar-refractivity contribution in [2.45, 2.75) is 5.92 Å². The molecule has 0 saturated carbocycles. The van der Waals surface area contributed by atoms with Gasteiger partial charge in [-0.15, -0.1) is 0 Å². The summed E-state index contributed by atoms with van der Waals surface area (Å²) in [6.07, 6.45) is 4.19. The molecule has 0 bridgehead atoms. The highest BCUT2D eigenvalue weighted by Gasteiger charge is 2.20. The molecule has 2 heteroatoms. The summed E-state index contributed by atoms with van der Waals surface area (Å²) in [5.74, 6) is 0.859. The second kappa shape index (κ2) is 4.90. The van der Waals surface area contributed by atoms with Crippen LogP contribution in [0.2, 0.25) is 0 Å². The van der Waals surface area contributed by atoms with E-state index < -0.39 is 0 Å². The van der Waals surface area contributed by atoms with Crippen molar-refractivity contribution in [2.24, 2.45) is 0 Å². The summed E-state index contributed by atoms with van der Waals surface area (Å²) >= 11 is 0. The van der Waals surface area contributed by atoms with E-state index in [1.807, 2.05) is 30.3 Å². The second-order valence-electron chi connectivity index (χ2n) is 4.69. The van der Waals surface area contributed by atoms with Crippen molar-refractivity contribution in [3.63, 3.8) is 0 Å². The number of methoxy groups -OCH3 is 1. The van der Waals surface area contributed by atoms with E-state index in [1.165, 1.54) is 5.56 Å². The van der Waals surface area contributed by atoms with Crippen molar-refractivity contribution >= 4 is 12.2 Å². The molecule has 1 atom stereocenters. The van der Waals surface area contributed by atoms with Gasteiger partial charge in [0.15, 0.2) is 0 Å². The van der Waals surface area contributed by atoms with Crippen molar-refractivity contribution in [1.82, 2.24) is 0 Å². The van der Waals surface area contributed by atoms with Crippen LogP contribution in [0.25, 0.3) is 12.2 Å². The number of hydrogen-bond acceptors (Lipinski definition) is 2. The van der Waals surface area contributed by atoms with Crippen LogP contribution in [0.3, 0.4) is 0 Å². The zero-order valence-electron chi connectivity index (χ0n) is 10.8. The number of benzene rings is 2. The fraction of sp³-hybridized carbons (Fsp3) is 0.176. The maximum atomic E-state index is 9.78. The Bertz CT molecular complexity index is 629. The van der Waals surface area contributed by atoms with E-state index in [2.05, 4.69) is 24.3 Å². The number of fused-ring (bicyclic) bond motifs is 2. The fourth-order valence-corrected chi connectivity index (χ4v) is 2.67. The summed E-state index contributed by atoms with van der Waals surface area (Å²) in [6, 6.07) is 14.2. The highest BCUT2D eigenvalue weighted by molar-refractivity contribution is 5.77. The molecule has 0 amide bonds. The molecule has 0 aromatic heterocycles. The lowest BCUT2D eigenvalue weighted by molar-refractivity contribution is 0.280. The Kier molecular flexibility index (Phi) is 3.10. The molecule has 0 spiro atoms. The van der Waals surface area contributed by atoms with Gasteiger partial charge >= 0.3 is 0 Å². The molecule has 0 heterocycles. The summed E-state index contributed by atoms with van der Waals surface area (Å²) in [4.78, 5) is 0. The minimum absolute atomic E-state index is 0.0205. The molecular weight excluding hydrogens is 236 g/mol. The van der Waals surface area contributed by atoms with Crippen LogP contribution >= 0.6 is 0 Å². The Balaban J connectivity index is 2.20. The number of hydrogen-bond donors (Lipinski definition) is 1.